The maximum absolute atomic E-state index is 12.3. The van der Waals surface area contributed by atoms with Gasteiger partial charge in [-0.2, -0.15) is 0 Å². The molecule has 2 saturated carbocycles. The van der Waals surface area contributed by atoms with E-state index in [4.69, 9.17) is 0 Å². The number of nitrogens with zero attached hydrogens (tertiary/aromatic N) is 1. The van der Waals surface area contributed by atoms with E-state index < -0.39 is 0 Å². The van der Waals surface area contributed by atoms with Crippen LogP contribution in [0.25, 0.3) is 0 Å². The lowest BCUT2D eigenvalue weighted by Crippen LogP contribution is -2.42. The summed E-state index contributed by atoms with van der Waals surface area (Å²) in [6, 6.07) is 7.04. The first kappa shape index (κ1) is 16.8. The quantitative estimate of drug-likeness (QED) is 0.890. The number of rotatable bonds is 4. The topological polar surface area (TPSA) is 61.4 Å². The molecule has 0 unspecified atom stereocenters. The summed E-state index contributed by atoms with van der Waals surface area (Å²) in [4.78, 5) is 25.8. The zero-order valence-electron chi connectivity index (χ0n) is 14.7. The Bertz CT molecular complexity index is 629. The van der Waals surface area contributed by atoms with Crippen LogP contribution in [0.15, 0.2) is 24.3 Å². The highest BCUT2D eigenvalue weighted by atomic mass is 16.2. The number of carbonyl (C=O) groups excluding carboxylic acids is 2. The zero-order valence-corrected chi connectivity index (χ0v) is 14.7. The number of nitrogens with one attached hydrogen (secondary N) is 2. The number of anilines is 1. The van der Waals surface area contributed by atoms with Gasteiger partial charge < -0.3 is 15.5 Å². The molecule has 0 aliphatic heterocycles. The summed E-state index contributed by atoms with van der Waals surface area (Å²) in [6.07, 6.45) is 5.27. The first-order valence-corrected chi connectivity index (χ1v) is 8.83. The highest BCUT2D eigenvalue weighted by Gasteiger charge is 2.42. The van der Waals surface area contributed by atoms with Crippen LogP contribution in [0.3, 0.4) is 0 Å². The number of fused-ring (bicyclic) bond motifs is 2. The number of hydrogen-bond donors (Lipinski definition) is 2. The Morgan fingerprint density at radius 2 is 2.00 bits per heavy atom. The Morgan fingerprint density at radius 3 is 2.62 bits per heavy atom. The predicted molar refractivity (Wildman–Crippen MR) is 95.0 cm³/mol. The van der Waals surface area contributed by atoms with Crippen LogP contribution in [0.5, 0.6) is 0 Å². The number of benzene rings is 1. The van der Waals surface area contributed by atoms with Crippen molar-refractivity contribution in [2.24, 2.45) is 17.8 Å². The molecule has 2 bridgehead atoms. The SMILES string of the molecule is C[C@@H](NC(=O)Nc1cccc(C(=O)N(C)C)c1)[C@@H]1C[C@@H]2CC[C@@H]1C2. The van der Waals surface area contributed by atoms with Gasteiger partial charge in [0.2, 0.25) is 0 Å². The molecule has 0 radical (unpaired) electrons. The maximum atomic E-state index is 12.3. The summed E-state index contributed by atoms with van der Waals surface area (Å²) in [7, 11) is 3.43. The van der Waals surface area contributed by atoms with Crippen molar-refractivity contribution in [2.75, 3.05) is 19.4 Å². The fourth-order valence-corrected chi connectivity index (χ4v) is 4.38. The molecule has 5 nitrogen and oxygen atoms in total. The molecule has 5 heteroatoms. The molecular weight excluding hydrogens is 302 g/mol. The van der Waals surface area contributed by atoms with Gasteiger partial charge in [0.05, 0.1) is 0 Å². The summed E-state index contributed by atoms with van der Waals surface area (Å²) in [5.74, 6) is 2.19. The van der Waals surface area contributed by atoms with Crippen LogP contribution < -0.4 is 10.6 Å². The van der Waals surface area contributed by atoms with E-state index in [1.807, 2.05) is 0 Å². The van der Waals surface area contributed by atoms with Crippen molar-refractivity contribution in [3.63, 3.8) is 0 Å². The molecule has 0 heterocycles. The molecule has 2 fully saturated rings. The van der Waals surface area contributed by atoms with E-state index in [-0.39, 0.29) is 18.0 Å². The summed E-state index contributed by atoms with van der Waals surface area (Å²) < 4.78 is 0. The van der Waals surface area contributed by atoms with Gasteiger partial charge in [0.25, 0.3) is 5.91 Å². The molecule has 130 valence electrons. The van der Waals surface area contributed by atoms with Gasteiger partial charge >= 0.3 is 6.03 Å². The molecule has 0 aromatic heterocycles. The van der Waals surface area contributed by atoms with Crippen LogP contribution in [0.4, 0.5) is 10.5 Å². The van der Waals surface area contributed by atoms with E-state index in [1.165, 1.54) is 30.6 Å². The average Bonchev–Trinajstić information content (AvgIpc) is 3.17. The minimum atomic E-state index is -0.195. The second kappa shape index (κ2) is 6.83. The van der Waals surface area contributed by atoms with Gasteiger partial charge in [-0.1, -0.05) is 12.5 Å². The highest BCUT2D eigenvalue weighted by molar-refractivity contribution is 5.96. The minimum Gasteiger partial charge on any atom is -0.345 e. The van der Waals surface area contributed by atoms with E-state index >= 15 is 0 Å². The van der Waals surface area contributed by atoms with Crippen LogP contribution in [-0.2, 0) is 0 Å². The molecule has 4 atom stereocenters. The molecule has 1 aromatic rings. The van der Waals surface area contributed by atoms with Gasteiger partial charge in [0, 0.05) is 31.4 Å². The van der Waals surface area contributed by atoms with E-state index in [1.54, 1.807) is 38.4 Å². The van der Waals surface area contributed by atoms with Crippen molar-refractivity contribution in [3.8, 4) is 0 Å². The number of carbonyl (C=O) groups is 2. The van der Waals surface area contributed by atoms with E-state index in [0.29, 0.717) is 17.2 Å². The number of amides is 3. The number of urea groups is 1. The van der Waals surface area contributed by atoms with Crippen molar-refractivity contribution in [1.29, 1.82) is 0 Å². The van der Waals surface area contributed by atoms with Crippen LogP contribution in [0.1, 0.15) is 43.0 Å². The van der Waals surface area contributed by atoms with Crippen LogP contribution >= 0.6 is 0 Å². The van der Waals surface area contributed by atoms with Gasteiger partial charge in [0.15, 0.2) is 0 Å². The normalized spacial score (nSPS) is 26.0. The van der Waals surface area contributed by atoms with Gasteiger partial charge in [0.1, 0.15) is 0 Å². The molecule has 2 N–H and O–H groups in total. The van der Waals surface area contributed by atoms with Crippen LogP contribution in [-0.4, -0.2) is 37.0 Å². The molecule has 0 spiro atoms. The standard InChI is InChI=1S/C19H27N3O2/c1-12(17-10-13-7-8-14(17)9-13)20-19(24)21-16-6-4-5-15(11-16)18(23)22(2)3/h4-6,11-14,17H,7-10H2,1-3H3,(H2,20,21,24)/t12-,13-,14-,17+/m1/s1. The largest absolute Gasteiger partial charge is 0.345 e. The fourth-order valence-electron chi connectivity index (χ4n) is 4.38. The Balaban J connectivity index is 1.57. The Hall–Kier alpha value is -2.04. The highest BCUT2D eigenvalue weighted by Crippen LogP contribution is 2.49. The Kier molecular flexibility index (Phi) is 4.78. The van der Waals surface area contributed by atoms with Gasteiger partial charge in [-0.3, -0.25) is 4.79 Å². The monoisotopic (exact) mass is 329 g/mol. The van der Waals surface area contributed by atoms with Crippen molar-refractivity contribution >= 4 is 17.6 Å². The number of hydrogen-bond acceptors (Lipinski definition) is 2. The summed E-state index contributed by atoms with van der Waals surface area (Å²) >= 11 is 0. The molecule has 2 aliphatic rings. The van der Waals surface area contributed by atoms with Crippen molar-refractivity contribution in [2.45, 2.75) is 38.6 Å². The van der Waals surface area contributed by atoms with E-state index in [9.17, 15) is 9.59 Å². The average molecular weight is 329 g/mol. The zero-order chi connectivity index (χ0) is 17.3. The van der Waals surface area contributed by atoms with Crippen LogP contribution in [0, 0.1) is 17.8 Å². The molecule has 0 saturated heterocycles. The van der Waals surface area contributed by atoms with Crippen molar-refractivity contribution < 1.29 is 9.59 Å². The second-order valence-corrected chi connectivity index (χ2v) is 7.51. The van der Waals surface area contributed by atoms with E-state index in [0.717, 1.165) is 11.8 Å². The molecule has 2 aliphatic carbocycles. The van der Waals surface area contributed by atoms with Crippen molar-refractivity contribution in [1.82, 2.24) is 10.2 Å². The first-order chi connectivity index (χ1) is 11.4. The molecule has 1 aromatic carbocycles. The molecular formula is C19H27N3O2. The smallest absolute Gasteiger partial charge is 0.319 e. The maximum Gasteiger partial charge on any atom is 0.319 e. The third kappa shape index (κ3) is 3.55. The van der Waals surface area contributed by atoms with Gasteiger partial charge in [-0.25, -0.2) is 4.79 Å². The molecule has 24 heavy (non-hydrogen) atoms. The summed E-state index contributed by atoms with van der Waals surface area (Å²) in [6.45, 7) is 2.11. The summed E-state index contributed by atoms with van der Waals surface area (Å²) in [5.41, 5.74) is 1.21. The fraction of sp³-hybridized carbons (Fsp3) is 0.579. The summed E-state index contributed by atoms with van der Waals surface area (Å²) in [5, 5.41) is 5.93. The Morgan fingerprint density at radius 1 is 1.21 bits per heavy atom. The lowest BCUT2D eigenvalue weighted by atomic mass is 9.84. The predicted octanol–water partition coefficient (Wildman–Crippen LogP) is 3.33. The third-order valence-electron chi connectivity index (χ3n) is 5.57. The Labute approximate surface area is 143 Å². The van der Waals surface area contributed by atoms with Crippen LogP contribution in [0.2, 0.25) is 0 Å². The lowest BCUT2D eigenvalue weighted by Gasteiger charge is -2.28. The lowest BCUT2D eigenvalue weighted by molar-refractivity contribution is 0.0827. The van der Waals surface area contributed by atoms with Gasteiger partial charge in [-0.05, 0) is 62.1 Å². The third-order valence-corrected chi connectivity index (χ3v) is 5.57. The van der Waals surface area contributed by atoms with E-state index in [2.05, 4.69) is 17.6 Å². The first-order valence-electron chi connectivity index (χ1n) is 8.83. The molecule has 3 amide bonds. The second-order valence-electron chi connectivity index (χ2n) is 7.51. The minimum absolute atomic E-state index is 0.0746. The van der Waals surface area contributed by atoms with Crippen molar-refractivity contribution in [3.05, 3.63) is 29.8 Å². The molecule has 3 rings (SSSR count). The van der Waals surface area contributed by atoms with Gasteiger partial charge in [-0.15, -0.1) is 0 Å².